The number of anilines is 1. The molecule has 1 N–H and O–H groups in total. The Bertz CT molecular complexity index is 1610. The molecule has 0 radical (unpaired) electrons. The minimum absolute atomic E-state index is 0.0190. The molecule has 0 aliphatic heterocycles. The zero-order chi connectivity index (χ0) is 30.4. The van der Waals surface area contributed by atoms with Crippen LogP contribution < -0.4 is 25.1 Å². The molecule has 4 rings (SSSR count). The first-order valence-electron chi connectivity index (χ1n) is 13.9. The van der Waals surface area contributed by atoms with Crippen molar-refractivity contribution in [3.05, 3.63) is 69.0 Å². The molecule has 0 spiro atoms. The molecule has 0 bridgehead atoms. The average molecular weight is 594 g/mol. The van der Waals surface area contributed by atoms with Crippen molar-refractivity contribution in [2.75, 3.05) is 31.7 Å². The largest absolute Gasteiger partial charge is 0.490 e. The zero-order valence-corrected chi connectivity index (χ0v) is 25.4. The summed E-state index contributed by atoms with van der Waals surface area (Å²) in [4.78, 5) is 40.3. The highest BCUT2D eigenvalue weighted by molar-refractivity contribution is 7.16. The van der Waals surface area contributed by atoms with Gasteiger partial charge in [0, 0.05) is 16.3 Å². The van der Waals surface area contributed by atoms with Gasteiger partial charge in [-0.05, 0) is 63.4 Å². The molecule has 11 heteroatoms. The number of fused-ring (bicyclic) bond motifs is 1. The molecule has 2 heterocycles. The molecule has 0 saturated carbocycles. The Morgan fingerprint density at radius 2 is 1.55 bits per heavy atom. The van der Waals surface area contributed by atoms with Crippen molar-refractivity contribution >= 4 is 39.0 Å². The van der Waals surface area contributed by atoms with Gasteiger partial charge in [0.1, 0.15) is 5.00 Å². The zero-order valence-electron chi connectivity index (χ0n) is 24.6. The number of aromatic nitrogens is 2. The van der Waals surface area contributed by atoms with E-state index in [1.807, 2.05) is 32.9 Å². The van der Waals surface area contributed by atoms with Gasteiger partial charge in [-0.1, -0.05) is 26.0 Å². The average Bonchev–Trinajstić information content (AvgIpc) is 3.39. The van der Waals surface area contributed by atoms with E-state index in [2.05, 4.69) is 24.3 Å². The first kappa shape index (κ1) is 30.6. The summed E-state index contributed by atoms with van der Waals surface area (Å²) in [6, 6.07) is 10.5. The van der Waals surface area contributed by atoms with Crippen LogP contribution >= 0.6 is 11.3 Å². The number of benzene rings is 2. The second-order valence-corrected chi connectivity index (χ2v) is 10.3. The second kappa shape index (κ2) is 13.5. The Kier molecular flexibility index (Phi) is 9.84. The van der Waals surface area contributed by atoms with E-state index in [9.17, 15) is 14.4 Å². The quantitative estimate of drug-likeness (QED) is 0.193. The van der Waals surface area contributed by atoms with Crippen LogP contribution in [0, 0.1) is 0 Å². The number of hydrogen-bond donors (Lipinski definition) is 1. The summed E-state index contributed by atoms with van der Waals surface area (Å²) in [6.07, 6.45) is 0. The Balaban J connectivity index is 1.83. The number of thiophene rings is 1. The molecule has 42 heavy (non-hydrogen) atoms. The van der Waals surface area contributed by atoms with Gasteiger partial charge < -0.3 is 24.3 Å². The van der Waals surface area contributed by atoms with Crippen molar-refractivity contribution in [2.45, 2.75) is 47.5 Å². The van der Waals surface area contributed by atoms with Gasteiger partial charge in [0.2, 0.25) is 5.75 Å². The number of nitrogens with one attached hydrogen (secondary N) is 1. The lowest BCUT2D eigenvalue weighted by Crippen LogP contribution is -2.25. The highest BCUT2D eigenvalue weighted by Gasteiger charge is 2.25. The highest BCUT2D eigenvalue weighted by Crippen LogP contribution is 2.40. The summed E-state index contributed by atoms with van der Waals surface area (Å²) in [5.41, 5.74) is 1.32. The van der Waals surface area contributed by atoms with Gasteiger partial charge in [0.05, 0.1) is 37.5 Å². The third-order valence-electron chi connectivity index (χ3n) is 6.32. The van der Waals surface area contributed by atoms with Crippen molar-refractivity contribution in [1.29, 1.82) is 0 Å². The summed E-state index contributed by atoms with van der Waals surface area (Å²) in [6.45, 7) is 12.6. The standard InChI is InChI=1S/C31H35N3O7S/c1-7-38-23-15-20(16-24(39-8-2)27(23)40-9-3)28(35)32-29-25-22(17-42-29)26(31(37)41-10-4)33-34(30(25)36)21-13-11-19(12-14-21)18(5)6/h11-18H,7-10H2,1-6H3,(H,32,35). The fraction of sp³-hybridized carbons (Fsp3) is 0.355. The predicted octanol–water partition coefficient (Wildman–Crippen LogP) is 6.20. The maximum absolute atomic E-state index is 13.8. The first-order chi connectivity index (χ1) is 20.2. The van der Waals surface area contributed by atoms with Crippen molar-refractivity contribution in [2.24, 2.45) is 0 Å². The van der Waals surface area contributed by atoms with Gasteiger partial charge in [-0.2, -0.15) is 9.78 Å². The van der Waals surface area contributed by atoms with Crippen LogP contribution in [0.1, 0.15) is 73.9 Å². The number of carbonyl (C=O) groups is 2. The highest BCUT2D eigenvalue weighted by atomic mass is 32.1. The molecular weight excluding hydrogens is 558 g/mol. The van der Waals surface area contributed by atoms with Crippen molar-refractivity contribution in [3.63, 3.8) is 0 Å². The Morgan fingerprint density at radius 3 is 2.10 bits per heavy atom. The van der Waals surface area contributed by atoms with Crippen molar-refractivity contribution in [1.82, 2.24) is 9.78 Å². The fourth-order valence-electron chi connectivity index (χ4n) is 4.36. The van der Waals surface area contributed by atoms with Crippen LogP contribution in [0.2, 0.25) is 0 Å². The molecule has 10 nitrogen and oxygen atoms in total. The second-order valence-electron chi connectivity index (χ2n) is 9.44. The molecule has 222 valence electrons. The Hall–Kier alpha value is -4.38. The monoisotopic (exact) mass is 593 g/mol. The SMILES string of the molecule is CCOC(=O)c1nn(-c2ccc(C(C)C)cc2)c(=O)c2c(NC(=O)c3cc(OCC)c(OCC)c(OCC)c3)scc12. The lowest BCUT2D eigenvalue weighted by Gasteiger charge is -2.17. The van der Waals surface area contributed by atoms with Gasteiger partial charge in [-0.25, -0.2) is 4.79 Å². The van der Waals surface area contributed by atoms with Crippen LogP contribution in [0.4, 0.5) is 5.00 Å². The van der Waals surface area contributed by atoms with E-state index in [0.717, 1.165) is 16.9 Å². The third-order valence-corrected chi connectivity index (χ3v) is 7.22. The lowest BCUT2D eigenvalue weighted by molar-refractivity contribution is 0.0520. The first-order valence-corrected chi connectivity index (χ1v) is 14.8. The Labute approximate surface area is 248 Å². The van der Waals surface area contributed by atoms with E-state index in [-0.39, 0.29) is 28.3 Å². The fourth-order valence-corrected chi connectivity index (χ4v) is 5.29. The van der Waals surface area contributed by atoms with Crippen LogP contribution in [-0.2, 0) is 4.74 Å². The number of hydrogen-bond acceptors (Lipinski definition) is 9. The van der Waals surface area contributed by atoms with E-state index in [0.29, 0.717) is 54.1 Å². The van der Waals surface area contributed by atoms with Crippen LogP contribution in [0.5, 0.6) is 17.2 Å². The van der Waals surface area contributed by atoms with Gasteiger partial charge in [0.15, 0.2) is 17.2 Å². The molecule has 1 amide bonds. The molecule has 0 aliphatic carbocycles. The van der Waals surface area contributed by atoms with E-state index >= 15 is 0 Å². The maximum Gasteiger partial charge on any atom is 0.359 e. The van der Waals surface area contributed by atoms with E-state index in [4.69, 9.17) is 18.9 Å². The van der Waals surface area contributed by atoms with Gasteiger partial charge in [-0.3, -0.25) is 9.59 Å². The topological polar surface area (TPSA) is 118 Å². The van der Waals surface area contributed by atoms with E-state index < -0.39 is 17.4 Å². The number of rotatable bonds is 12. The predicted molar refractivity (Wildman–Crippen MR) is 163 cm³/mol. The summed E-state index contributed by atoms with van der Waals surface area (Å²) in [5, 5.41) is 9.57. The van der Waals surface area contributed by atoms with Crippen LogP contribution in [0.25, 0.3) is 16.5 Å². The lowest BCUT2D eigenvalue weighted by atomic mass is 10.0. The molecule has 2 aromatic heterocycles. The van der Waals surface area contributed by atoms with E-state index in [1.165, 1.54) is 4.68 Å². The summed E-state index contributed by atoms with van der Waals surface area (Å²) < 4.78 is 23.6. The number of nitrogens with zero attached hydrogens (tertiary/aromatic N) is 2. The molecule has 4 aromatic rings. The molecule has 0 aliphatic rings. The van der Waals surface area contributed by atoms with Crippen LogP contribution in [0.15, 0.2) is 46.6 Å². The number of ether oxygens (including phenoxy) is 4. The van der Waals surface area contributed by atoms with Gasteiger partial charge in [0.25, 0.3) is 11.5 Å². The maximum atomic E-state index is 13.8. The smallest absolute Gasteiger partial charge is 0.359 e. The normalized spacial score (nSPS) is 11.0. The number of amides is 1. The van der Waals surface area contributed by atoms with Crippen molar-refractivity contribution in [3.8, 4) is 22.9 Å². The molecule has 0 saturated heterocycles. The van der Waals surface area contributed by atoms with Crippen molar-refractivity contribution < 1.29 is 28.5 Å². The third kappa shape index (κ3) is 6.25. The summed E-state index contributed by atoms with van der Waals surface area (Å²) in [5.74, 6) is 0.287. The Morgan fingerprint density at radius 1 is 0.929 bits per heavy atom. The minimum Gasteiger partial charge on any atom is -0.490 e. The summed E-state index contributed by atoms with van der Waals surface area (Å²) in [7, 11) is 0. The van der Waals surface area contributed by atoms with E-state index in [1.54, 1.807) is 36.6 Å². The number of carbonyl (C=O) groups excluding carboxylic acids is 2. The van der Waals surface area contributed by atoms with Crippen LogP contribution in [0.3, 0.4) is 0 Å². The molecular formula is C31H35N3O7S. The molecule has 0 atom stereocenters. The number of esters is 1. The van der Waals surface area contributed by atoms with Gasteiger partial charge >= 0.3 is 5.97 Å². The minimum atomic E-state index is -0.667. The van der Waals surface area contributed by atoms with Crippen LogP contribution in [-0.4, -0.2) is 48.1 Å². The molecule has 0 unspecified atom stereocenters. The summed E-state index contributed by atoms with van der Waals surface area (Å²) >= 11 is 1.12. The molecule has 2 aromatic carbocycles. The molecule has 0 fully saturated rings. The van der Waals surface area contributed by atoms with Gasteiger partial charge in [-0.15, -0.1) is 11.3 Å².